The number of halogens is 3. The van der Waals surface area contributed by atoms with Crippen LogP contribution >= 0.6 is 35.6 Å². The van der Waals surface area contributed by atoms with Crippen molar-refractivity contribution in [1.82, 2.24) is 10.6 Å². The van der Waals surface area contributed by atoms with E-state index in [0.717, 1.165) is 11.1 Å². The van der Waals surface area contributed by atoms with E-state index in [0.29, 0.717) is 35.5 Å². The monoisotopic (exact) mass is 562 g/mol. The summed E-state index contributed by atoms with van der Waals surface area (Å²) in [4.78, 5) is 15.7. The minimum Gasteiger partial charge on any atom is -0.495 e. The standard InChI is InChI=1S/C22H28ClFN4O2.HI/c1-14(29)28-19-10-15(6-9-20(19)30-5)12-26-21(25-4)27-13-22(2,3)17-8-7-16(24)11-18(17)23;/h6-11H,12-13H2,1-5H3,(H,28,29)(H2,25,26,27);1H. The van der Waals surface area contributed by atoms with Gasteiger partial charge in [-0.1, -0.05) is 37.6 Å². The van der Waals surface area contributed by atoms with Crippen LogP contribution in [0.3, 0.4) is 0 Å². The summed E-state index contributed by atoms with van der Waals surface area (Å²) in [6.07, 6.45) is 0. The lowest BCUT2D eigenvalue weighted by Gasteiger charge is -2.27. The molecular weight excluding hydrogens is 534 g/mol. The molecule has 0 unspecified atom stereocenters. The van der Waals surface area contributed by atoms with Crippen molar-refractivity contribution >= 4 is 53.1 Å². The number of nitrogens with one attached hydrogen (secondary N) is 3. The Morgan fingerprint density at radius 1 is 1.19 bits per heavy atom. The van der Waals surface area contributed by atoms with E-state index >= 15 is 0 Å². The van der Waals surface area contributed by atoms with Gasteiger partial charge in [0.05, 0.1) is 12.8 Å². The van der Waals surface area contributed by atoms with Crippen LogP contribution in [0.25, 0.3) is 0 Å². The lowest BCUT2D eigenvalue weighted by atomic mass is 9.84. The maximum Gasteiger partial charge on any atom is 0.221 e. The largest absolute Gasteiger partial charge is 0.495 e. The zero-order valence-corrected chi connectivity index (χ0v) is 21.4. The average Bonchev–Trinajstić information content (AvgIpc) is 2.67. The number of nitrogens with zero attached hydrogens (tertiary/aromatic N) is 1. The second-order valence-corrected chi connectivity index (χ2v) is 7.91. The van der Waals surface area contributed by atoms with Gasteiger partial charge in [-0.25, -0.2) is 4.39 Å². The zero-order valence-electron chi connectivity index (χ0n) is 18.3. The average molecular weight is 563 g/mol. The van der Waals surface area contributed by atoms with E-state index < -0.39 is 0 Å². The molecule has 0 heterocycles. The van der Waals surface area contributed by atoms with Gasteiger partial charge in [-0.3, -0.25) is 9.79 Å². The third-order valence-electron chi connectivity index (χ3n) is 4.62. The third-order valence-corrected chi connectivity index (χ3v) is 4.93. The van der Waals surface area contributed by atoms with Crippen molar-refractivity contribution in [2.24, 2.45) is 4.99 Å². The first-order chi connectivity index (χ1) is 14.2. The van der Waals surface area contributed by atoms with Crippen LogP contribution in [0.5, 0.6) is 5.75 Å². The summed E-state index contributed by atoms with van der Waals surface area (Å²) < 4.78 is 18.6. The molecule has 0 saturated carbocycles. The van der Waals surface area contributed by atoms with Gasteiger partial charge in [0.15, 0.2) is 5.96 Å². The molecule has 0 saturated heterocycles. The van der Waals surface area contributed by atoms with Crippen molar-refractivity contribution in [3.05, 3.63) is 58.4 Å². The molecule has 0 aliphatic carbocycles. The number of guanidine groups is 1. The number of carbonyl (C=O) groups is 1. The molecule has 0 aliphatic rings. The van der Waals surface area contributed by atoms with E-state index in [1.165, 1.54) is 19.1 Å². The number of methoxy groups -OCH3 is 1. The Morgan fingerprint density at radius 2 is 1.90 bits per heavy atom. The van der Waals surface area contributed by atoms with E-state index in [2.05, 4.69) is 20.9 Å². The fourth-order valence-corrected chi connectivity index (χ4v) is 3.42. The summed E-state index contributed by atoms with van der Waals surface area (Å²) in [6, 6.07) is 10.00. The summed E-state index contributed by atoms with van der Waals surface area (Å²) >= 11 is 6.23. The minimum absolute atomic E-state index is 0. The molecule has 1 amide bonds. The Hall–Kier alpha value is -2.07. The number of benzene rings is 2. The summed E-state index contributed by atoms with van der Waals surface area (Å²) in [7, 11) is 3.24. The highest BCUT2D eigenvalue weighted by molar-refractivity contribution is 14.0. The number of carbonyl (C=O) groups excluding carboxylic acids is 1. The van der Waals surface area contributed by atoms with Crippen molar-refractivity contribution < 1.29 is 13.9 Å². The molecule has 0 atom stereocenters. The van der Waals surface area contributed by atoms with Gasteiger partial charge in [0.1, 0.15) is 11.6 Å². The number of hydrogen-bond donors (Lipinski definition) is 3. The molecule has 2 aromatic rings. The Bertz CT molecular complexity index is 938. The van der Waals surface area contributed by atoms with Crippen LogP contribution in [0.4, 0.5) is 10.1 Å². The van der Waals surface area contributed by atoms with Crippen LogP contribution in [0.1, 0.15) is 31.9 Å². The molecule has 0 fully saturated rings. The second-order valence-electron chi connectivity index (χ2n) is 7.50. The third kappa shape index (κ3) is 7.84. The predicted octanol–water partition coefficient (Wildman–Crippen LogP) is 4.71. The first kappa shape index (κ1) is 27.0. The van der Waals surface area contributed by atoms with Gasteiger partial charge in [-0.05, 0) is 35.4 Å². The van der Waals surface area contributed by atoms with Crippen LogP contribution in [-0.2, 0) is 16.8 Å². The lowest BCUT2D eigenvalue weighted by Crippen LogP contribution is -2.43. The molecular formula is C22H29ClFIN4O2. The van der Waals surface area contributed by atoms with Gasteiger partial charge in [-0.15, -0.1) is 24.0 Å². The maximum atomic E-state index is 13.4. The number of hydrogen-bond acceptors (Lipinski definition) is 3. The van der Waals surface area contributed by atoms with E-state index in [9.17, 15) is 9.18 Å². The fourth-order valence-electron chi connectivity index (χ4n) is 3.00. The van der Waals surface area contributed by atoms with Crippen molar-refractivity contribution in [3.63, 3.8) is 0 Å². The van der Waals surface area contributed by atoms with Crippen LogP contribution < -0.4 is 20.7 Å². The molecule has 6 nitrogen and oxygen atoms in total. The maximum absolute atomic E-state index is 13.4. The van der Waals surface area contributed by atoms with E-state index in [1.54, 1.807) is 26.3 Å². The summed E-state index contributed by atoms with van der Waals surface area (Å²) in [6.45, 7) is 6.53. The topological polar surface area (TPSA) is 74.8 Å². The molecule has 0 bridgehead atoms. The van der Waals surface area contributed by atoms with Gasteiger partial charge >= 0.3 is 0 Å². The Balaban J connectivity index is 0.00000480. The van der Waals surface area contributed by atoms with E-state index in [-0.39, 0.29) is 41.1 Å². The van der Waals surface area contributed by atoms with Crippen molar-refractivity contribution in [2.45, 2.75) is 32.7 Å². The van der Waals surface area contributed by atoms with Gasteiger partial charge in [0.25, 0.3) is 0 Å². The molecule has 0 aromatic heterocycles. The predicted molar refractivity (Wildman–Crippen MR) is 135 cm³/mol. The summed E-state index contributed by atoms with van der Waals surface area (Å²) in [5.41, 5.74) is 2.06. The highest BCUT2D eigenvalue weighted by atomic mass is 127. The fraction of sp³-hybridized carbons (Fsp3) is 0.364. The quantitative estimate of drug-likeness (QED) is 0.260. The Labute approximate surface area is 205 Å². The molecule has 2 aromatic carbocycles. The van der Waals surface area contributed by atoms with Gasteiger partial charge in [0, 0.05) is 37.5 Å². The van der Waals surface area contributed by atoms with E-state index in [4.69, 9.17) is 16.3 Å². The molecule has 3 N–H and O–H groups in total. The summed E-state index contributed by atoms with van der Waals surface area (Å²) in [5, 5.41) is 9.68. The second kappa shape index (κ2) is 12.1. The van der Waals surface area contributed by atoms with Gasteiger partial charge in [-0.2, -0.15) is 0 Å². The molecule has 0 aliphatic heterocycles. The Morgan fingerprint density at radius 3 is 2.48 bits per heavy atom. The SMILES string of the molecule is CN=C(NCc1ccc(OC)c(NC(C)=O)c1)NCC(C)(C)c1ccc(F)cc1Cl.I. The van der Waals surface area contributed by atoms with Crippen LogP contribution in [0.15, 0.2) is 41.4 Å². The van der Waals surface area contributed by atoms with Gasteiger partial charge in [0.2, 0.25) is 5.91 Å². The zero-order chi connectivity index (χ0) is 22.3. The van der Waals surface area contributed by atoms with Crippen molar-refractivity contribution in [2.75, 3.05) is 26.0 Å². The molecule has 0 spiro atoms. The minimum atomic E-state index is -0.358. The molecule has 9 heteroatoms. The number of amides is 1. The van der Waals surface area contributed by atoms with Crippen molar-refractivity contribution in [1.29, 1.82) is 0 Å². The molecule has 31 heavy (non-hydrogen) atoms. The first-order valence-electron chi connectivity index (χ1n) is 9.51. The highest BCUT2D eigenvalue weighted by Crippen LogP contribution is 2.30. The molecule has 0 radical (unpaired) electrons. The Kier molecular flexibility index (Phi) is 10.5. The first-order valence-corrected chi connectivity index (χ1v) is 9.88. The van der Waals surface area contributed by atoms with Crippen LogP contribution in [0, 0.1) is 5.82 Å². The number of anilines is 1. The number of rotatable bonds is 7. The highest BCUT2D eigenvalue weighted by Gasteiger charge is 2.24. The number of aliphatic imine (C=N–C) groups is 1. The van der Waals surface area contributed by atoms with Crippen LogP contribution in [0.2, 0.25) is 5.02 Å². The van der Waals surface area contributed by atoms with E-state index in [1.807, 2.05) is 26.0 Å². The van der Waals surface area contributed by atoms with Gasteiger partial charge < -0.3 is 20.7 Å². The normalized spacial score (nSPS) is 11.4. The lowest BCUT2D eigenvalue weighted by molar-refractivity contribution is -0.114. The molecule has 170 valence electrons. The molecule has 2 rings (SSSR count). The number of ether oxygens (including phenoxy) is 1. The summed E-state index contributed by atoms with van der Waals surface area (Å²) in [5.74, 6) is 0.674. The smallest absolute Gasteiger partial charge is 0.221 e. The van der Waals surface area contributed by atoms with Crippen molar-refractivity contribution in [3.8, 4) is 5.75 Å². The van der Waals surface area contributed by atoms with Crippen LogP contribution in [-0.4, -0.2) is 32.6 Å².